The fourth-order valence-corrected chi connectivity index (χ4v) is 2.77. The highest BCUT2D eigenvalue weighted by Gasteiger charge is 2.32. The molecule has 0 aromatic carbocycles. The molecule has 0 saturated carbocycles. The van der Waals surface area contributed by atoms with Crippen LogP contribution in [-0.4, -0.2) is 72.6 Å². The summed E-state index contributed by atoms with van der Waals surface area (Å²) in [6.07, 6.45) is 0.147. The maximum absolute atomic E-state index is 12.5. The van der Waals surface area contributed by atoms with Crippen molar-refractivity contribution in [1.82, 2.24) is 15.1 Å². The van der Waals surface area contributed by atoms with Gasteiger partial charge in [0.1, 0.15) is 0 Å². The van der Waals surface area contributed by atoms with Crippen LogP contribution >= 0.6 is 0 Å². The first-order valence-corrected chi connectivity index (χ1v) is 6.92. The first kappa shape index (κ1) is 14.3. The second kappa shape index (κ2) is 5.88. The maximum atomic E-state index is 12.5. The molecule has 3 unspecified atom stereocenters. The highest BCUT2D eigenvalue weighted by molar-refractivity contribution is 5.84. The molecule has 0 aromatic heterocycles. The van der Waals surface area contributed by atoms with Crippen LogP contribution in [-0.2, 0) is 14.3 Å². The average molecular weight is 269 g/mol. The molecule has 2 saturated heterocycles. The van der Waals surface area contributed by atoms with E-state index in [9.17, 15) is 9.59 Å². The van der Waals surface area contributed by atoms with Gasteiger partial charge in [-0.3, -0.25) is 14.5 Å². The molecule has 2 rings (SSSR count). The SMILES string of the molecule is CC1CN(C(=O)C(C)N2CCNC(=O)C2)CC(C)O1. The van der Waals surface area contributed by atoms with Gasteiger partial charge in [0.15, 0.2) is 0 Å². The zero-order chi connectivity index (χ0) is 14.0. The van der Waals surface area contributed by atoms with Crippen LogP contribution in [0.2, 0.25) is 0 Å². The topological polar surface area (TPSA) is 61.9 Å². The fraction of sp³-hybridized carbons (Fsp3) is 0.846. The predicted molar refractivity (Wildman–Crippen MR) is 70.6 cm³/mol. The van der Waals surface area contributed by atoms with E-state index in [1.807, 2.05) is 30.6 Å². The van der Waals surface area contributed by atoms with Gasteiger partial charge in [-0.25, -0.2) is 0 Å². The molecule has 0 radical (unpaired) electrons. The number of hydrogen-bond acceptors (Lipinski definition) is 4. The van der Waals surface area contributed by atoms with Crippen molar-refractivity contribution in [3.05, 3.63) is 0 Å². The van der Waals surface area contributed by atoms with E-state index >= 15 is 0 Å². The lowest BCUT2D eigenvalue weighted by atomic mass is 10.1. The number of carbonyl (C=O) groups excluding carboxylic acids is 2. The van der Waals surface area contributed by atoms with Crippen molar-refractivity contribution in [2.24, 2.45) is 0 Å². The van der Waals surface area contributed by atoms with Crippen LogP contribution < -0.4 is 5.32 Å². The molecule has 2 fully saturated rings. The summed E-state index contributed by atoms with van der Waals surface area (Å²) in [5.41, 5.74) is 0. The Bertz CT molecular complexity index is 351. The van der Waals surface area contributed by atoms with Crippen molar-refractivity contribution >= 4 is 11.8 Å². The number of morpholine rings is 1. The second-order valence-electron chi connectivity index (χ2n) is 5.50. The zero-order valence-corrected chi connectivity index (χ0v) is 11.9. The van der Waals surface area contributed by atoms with Gasteiger partial charge in [-0.2, -0.15) is 0 Å². The molecule has 0 spiro atoms. The van der Waals surface area contributed by atoms with E-state index in [1.54, 1.807) is 0 Å². The third-order valence-corrected chi connectivity index (χ3v) is 3.70. The fourth-order valence-electron chi connectivity index (χ4n) is 2.77. The summed E-state index contributed by atoms with van der Waals surface area (Å²) in [6.45, 7) is 8.76. The minimum atomic E-state index is -0.247. The summed E-state index contributed by atoms with van der Waals surface area (Å²) < 4.78 is 5.64. The largest absolute Gasteiger partial charge is 0.372 e. The van der Waals surface area contributed by atoms with E-state index in [2.05, 4.69) is 5.32 Å². The van der Waals surface area contributed by atoms with E-state index in [4.69, 9.17) is 4.74 Å². The van der Waals surface area contributed by atoms with Crippen molar-refractivity contribution in [3.63, 3.8) is 0 Å². The van der Waals surface area contributed by atoms with Gasteiger partial charge in [-0.15, -0.1) is 0 Å². The molecule has 0 aliphatic carbocycles. The first-order chi connectivity index (χ1) is 8.97. The van der Waals surface area contributed by atoms with Crippen molar-refractivity contribution in [2.75, 3.05) is 32.7 Å². The summed E-state index contributed by atoms with van der Waals surface area (Å²) >= 11 is 0. The molecule has 0 bridgehead atoms. The van der Waals surface area contributed by atoms with Crippen LogP contribution in [0.3, 0.4) is 0 Å². The lowest BCUT2D eigenvalue weighted by Gasteiger charge is -2.39. The summed E-state index contributed by atoms with van der Waals surface area (Å²) in [5.74, 6) is 0.0892. The quantitative estimate of drug-likeness (QED) is 0.730. The van der Waals surface area contributed by atoms with Crippen LogP contribution in [0, 0.1) is 0 Å². The first-order valence-electron chi connectivity index (χ1n) is 6.92. The molecule has 2 heterocycles. The highest BCUT2D eigenvalue weighted by Crippen LogP contribution is 2.14. The summed E-state index contributed by atoms with van der Waals surface area (Å²) in [7, 11) is 0. The van der Waals surface area contributed by atoms with Gasteiger partial charge in [0.25, 0.3) is 0 Å². The number of hydrogen-bond donors (Lipinski definition) is 1. The molecule has 19 heavy (non-hydrogen) atoms. The summed E-state index contributed by atoms with van der Waals surface area (Å²) in [5, 5.41) is 2.77. The lowest BCUT2D eigenvalue weighted by molar-refractivity contribution is -0.149. The maximum Gasteiger partial charge on any atom is 0.239 e. The minimum Gasteiger partial charge on any atom is -0.372 e. The third kappa shape index (κ3) is 3.45. The number of carbonyl (C=O) groups is 2. The monoisotopic (exact) mass is 269 g/mol. The van der Waals surface area contributed by atoms with E-state index in [1.165, 1.54) is 0 Å². The molecule has 6 heteroatoms. The Morgan fingerprint density at radius 2 is 2.00 bits per heavy atom. The van der Waals surface area contributed by atoms with Crippen molar-refractivity contribution in [1.29, 1.82) is 0 Å². The van der Waals surface area contributed by atoms with Gasteiger partial charge in [0, 0.05) is 26.2 Å². The number of nitrogens with one attached hydrogen (secondary N) is 1. The van der Waals surface area contributed by atoms with E-state index in [-0.39, 0.29) is 30.1 Å². The summed E-state index contributed by atoms with van der Waals surface area (Å²) in [6, 6.07) is -0.247. The van der Waals surface area contributed by atoms with Crippen LogP contribution in [0.4, 0.5) is 0 Å². The van der Waals surface area contributed by atoms with Gasteiger partial charge < -0.3 is 15.0 Å². The van der Waals surface area contributed by atoms with Crippen LogP contribution in [0.5, 0.6) is 0 Å². The molecular weight excluding hydrogens is 246 g/mol. The van der Waals surface area contributed by atoms with Crippen LogP contribution in [0.25, 0.3) is 0 Å². The van der Waals surface area contributed by atoms with Gasteiger partial charge >= 0.3 is 0 Å². The van der Waals surface area contributed by atoms with Crippen molar-refractivity contribution in [3.8, 4) is 0 Å². The standard InChI is InChI=1S/C13H23N3O3/c1-9-6-16(7-10(2)19-9)13(18)11(3)15-5-4-14-12(17)8-15/h9-11H,4-8H2,1-3H3,(H,14,17). The van der Waals surface area contributed by atoms with E-state index in [0.717, 1.165) is 6.54 Å². The zero-order valence-electron chi connectivity index (χ0n) is 11.9. The van der Waals surface area contributed by atoms with Crippen LogP contribution in [0.1, 0.15) is 20.8 Å². The van der Waals surface area contributed by atoms with E-state index in [0.29, 0.717) is 26.2 Å². The highest BCUT2D eigenvalue weighted by atomic mass is 16.5. The van der Waals surface area contributed by atoms with Gasteiger partial charge in [-0.1, -0.05) is 0 Å². The number of rotatable bonds is 2. The van der Waals surface area contributed by atoms with Gasteiger partial charge in [0.05, 0.1) is 24.8 Å². The Hall–Kier alpha value is -1.14. The third-order valence-electron chi connectivity index (χ3n) is 3.70. The number of ether oxygens (including phenoxy) is 1. The molecule has 2 aliphatic heterocycles. The summed E-state index contributed by atoms with van der Waals surface area (Å²) in [4.78, 5) is 27.7. The molecule has 2 amide bonds. The van der Waals surface area contributed by atoms with Crippen molar-refractivity contribution < 1.29 is 14.3 Å². The van der Waals surface area contributed by atoms with Crippen LogP contribution in [0.15, 0.2) is 0 Å². The lowest BCUT2D eigenvalue weighted by Crippen LogP contribution is -2.58. The molecule has 1 N–H and O–H groups in total. The number of piperazine rings is 1. The van der Waals surface area contributed by atoms with E-state index < -0.39 is 0 Å². The Kier molecular flexibility index (Phi) is 4.42. The predicted octanol–water partition coefficient (Wildman–Crippen LogP) is -0.557. The van der Waals surface area contributed by atoms with Gasteiger partial charge in [0.2, 0.25) is 11.8 Å². The molecule has 0 aromatic rings. The smallest absolute Gasteiger partial charge is 0.239 e. The molecule has 108 valence electrons. The Labute approximate surface area is 114 Å². The number of nitrogens with zero attached hydrogens (tertiary/aromatic N) is 2. The normalized spacial score (nSPS) is 30.9. The average Bonchev–Trinajstić information content (AvgIpc) is 2.36. The molecular formula is C13H23N3O3. The van der Waals surface area contributed by atoms with Gasteiger partial charge in [-0.05, 0) is 20.8 Å². The Morgan fingerprint density at radius 3 is 2.58 bits per heavy atom. The Balaban J connectivity index is 1.96. The van der Waals surface area contributed by atoms with Crippen molar-refractivity contribution in [2.45, 2.75) is 39.0 Å². The molecule has 2 aliphatic rings. The minimum absolute atomic E-state index is 0.00499. The second-order valence-corrected chi connectivity index (χ2v) is 5.50. The molecule has 3 atom stereocenters. The number of amides is 2. The molecule has 6 nitrogen and oxygen atoms in total. The Morgan fingerprint density at radius 1 is 1.37 bits per heavy atom.